The number of hydrogen-bond donors (Lipinski definition) is 0. The molecule has 104 valence electrons. The second kappa shape index (κ2) is 6.06. The molecule has 1 atom stereocenters. The zero-order valence-electron chi connectivity index (χ0n) is 11.8. The van der Waals surface area contributed by atoms with Gasteiger partial charge in [0.2, 0.25) is 0 Å². The van der Waals surface area contributed by atoms with Gasteiger partial charge >= 0.3 is 0 Å². The summed E-state index contributed by atoms with van der Waals surface area (Å²) in [5.41, 5.74) is 2.57. The van der Waals surface area contributed by atoms with E-state index in [0.29, 0.717) is 10.6 Å². The third kappa shape index (κ3) is 2.99. The molecule has 1 aromatic carbocycles. The predicted octanol–water partition coefficient (Wildman–Crippen LogP) is 3.88. The SMILES string of the molecule is Cc1cc(Cl)ccc1C(=O)N(C)[C@H](C)c1cccnc1. The van der Waals surface area contributed by atoms with E-state index in [1.54, 1.807) is 42.5 Å². The number of pyridine rings is 1. The lowest BCUT2D eigenvalue weighted by atomic mass is 10.1. The van der Waals surface area contributed by atoms with Crippen LogP contribution in [0.1, 0.15) is 34.5 Å². The van der Waals surface area contributed by atoms with Crippen LogP contribution >= 0.6 is 11.6 Å². The Morgan fingerprint density at radius 2 is 2.10 bits per heavy atom. The van der Waals surface area contributed by atoms with Crippen molar-refractivity contribution in [2.24, 2.45) is 0 Å². The molecule has 0 aliphatic rings. The van der Waals surface area contributed by atoms with E-state index < -0.39 is 0 Å². The zero-order chi connectivity index (χ0) is 14.7. The van der Waals surface area contributed by atoms with E-state index in [1.807, 2.05) is 26.0 Å². The van der Waals surface area contributed by atoms with Gasteiger partial charge in [-0.3, -0.25) is 9.78 Å². The molecular weight excluding hydrogens is 272 g/mol. The van der Waals surface area contributed by atoms with Crippen molar-refractivity contribution >= 4 is 17.5 Å². The van der Waals surface area contributed by atoms with Gasteiger partial charge in [0.05, 0.1) is 6.04 Å². The van der Waals surface area contributed by atoms with Crippen LogP contribution in [0.2, 0.25) is 5.02 Å². The number of halogens is 1. The zero-order valence-corrected chi connectivity index (χ0v) is 12.6. The molecule has 0 unspecified atom stereocenters. The Bertz CT molecular complexity index is 613. The number of aryl methyl sites for hydroxylation is 1. The maximum absolute atomic E-state index is 12.6. The van der Waals surface area contributed by atoms with E-state index in [0.717, 1.165) is 11.1 Å². The molecule has 0 saturated heterocycles. The standard InChI is InChI=1S/C16H17ClN2O/c1-11-9-14(17)6-7-15(11)16(20)19(3)12(2)13-5-4-8-18-10-13/h4-10,12H,1-3H3/t12-/m1/s1. The average molecular weight is 289 g/mol. The molecule has 1 aromatic heterocycles. The fourth-order valence-electron chi connectivity index (χ4n) is 2.08. The topological polar surface area (TPSA) is 33.2 Å². The van der Waals surface area contributed by atoms with Crippen molar-refractivity contribution < 1.29 is 4.79 Å². The molecule has 0 N–H and O–H groups in total. The van der Waals surface area contributed by atoms with Crippen LogP contribution in [0.3, 0.4) is 0 Å². The number of benzene rings is 1. The van der Waals surface area contributed by atoms with Gasteiger partial charge < -0.3 is 4.90 Å². The number of carbonyl (C=O) groups is 1. The molecule has 1 heterocycles. The van der Waals surface area contributed by atoms with Crippen LogP contribution in [0.5, 0.6) is 0 Å². The van der Waals surface area contributed by atoms with Gasteiger partial charge in [-0.05, 0) is 49.2 Å². The van der Waals surface area contributed by atoms with Crippen molar-refractivity contribution in [2.75, 3.05) is 7.05 Å². The van der Waals surface area contributed by atoms with E-state index in [2.05, 4.69) is 4.98 Å². The molecule has 1 amide bonds. The minimum atomic E-state index is -0.0359. The van der Waals surface area contributed by atoms with Crippen LogP contribution in [-0.4, -0.2) is 22.8 Å². The molecule has 0 fully saturated rings. The summed E-state index contributed by atoms with van der Waals surface area (Å²) < 4.78 is 0. The fraction of sp³-hybridized carbons (Fsp3) is 0.250. The first-order chi connectivity index (χ1) is 9.50. The number of aromatic nitrogens is 1. The molecule has 2 rings (SSSR count). The summed E-state index contributed by atoms with van der Waals surface area (Å²) in [4.78, 5) is 18.4. The van der Waals surface area contributed by atoms with E-state index in [9.17, 15) is 4.79 Å². The highest BCUT2D eigenvalue weighted by atomic mass is 35.5. The minimum Gasteiger partial charge on any atom is -0.335 e. The lowest BCUT2D eigenvalue weighted by molar-refractivity contribution is 0.0741. The van der Waals surface area contributed by atoms with Gasteiger partial charge in [0.1, 0.15) is 0 Å². The molecule has 4 heteroatoms. The highest BCUT2D eigenvalue weighted by Gasteiger charge is 2.20. The minimum absolute atomic E-state index is 0.0180. The van der Waals surface area contributed by atoms with Gasteiger partial charge in [0.15, 0.2) is 0 Å². The van der Waals surface area contributed by atoms with E-state index in [4.69, 9.17) is 11.6 Å². The normalized spacial score (nSPS) is 12.0. The molecule has 0 aliphatic carbocycles. The van der Waals surface area contributed by atoms with Gasteiger partial charge in [0.25, 0.3) is 5.91 Å². The van der Waals surface area contributed by atoms with Crippen molar-refractivity contribution in [1.29, 1.82) is 0 Å². The Labute approximate surface area is 124 Å². The molecule has 0 radical (unpaired) electrons. The van der Waals surface area contributed by atoms with Crippen molar-refractivity contribution in [3.63, 3.8) is 0 Å². The lowest BCUT2D eigenvalue weighted by Crippen LogP contribution is -2.30. The van der Waals surface area contributed by atoms with Crippen LogP contribution in [0.15, 0.2) is 42.7 Å². The fourth-order valence-corrected chi connectivity index (χ4v) is 2.31. The smallest absolute Gasteiger partial charge is 0.254 e. The maximum atomic E-state index is 12.6. The van der Waals surface area contributed by atoms with E-state index in [1.165, 1.54) is 0 Å². The Morgan fingerprint density at radius 1 is 1.35 bits per heavy atom. The average Bonchev–Trinajstić information content (AvgIpc) is 2.46. The highest BCUT2D eigenvalue weighted by Crippen LogP contribution is 2.22. The van der Waals surface area contributed by atoms with Crippen molar-refractivity contribution in [2.45, 2.75) is 19.9 Å². The van der Waals surface area contributed by atoms with Crippen molar-refractivity contribution in [1.82, 2.24) is 9.88 Å². The summed E-state index contributed by atoms with van der Waals surface area (Å²) in [6, 6.07) is 9.12. The summed E-state index contributed by atoms with van der Waals surface area (Å²) >= 11 is 5.93. The van der Waals surface area contributed by atoms with Crippen LogP contribution in [0, 0.1) is 6.92 Å². The Kier molecular flexibility index (Phi) is 4.40. The van der Waals surface area contributed by atoms with Gasteiger partial charge in [-0.1, -0.05) is 17.7 Å². The summed E-state index contributed by atoms with van der Waals surface area (Å²) in [7, 11) is 1.80. The van der Waals surface area contributed by atoms with Crippen molar-refractivity contribution in [3.05, 3.63) is 64.4 Å². The number of amides is 1. The van der Waals surface area contributed by atoms with Gasteiger partial charge in [-0.2, -0.15) is 0 Å². The van der Waals surface area contributed by atoms with Crippen LogP contribution < -0.4 is 0 Å². The molecule has 0 bridgehead atoms. The Balaban J connectivity index is 2.24. The summed E-state index contributed by atoms with van der Waals surface area (Å²) in [6.45, 7) is 3.88. The first kappa shape index (κ1) is 14.5. The Morgan fingerprint density at radius 3 is 2.70 bits per heavy atom. The first-order valence-electron chi connectivity index (χ1n) is 6.44. The second-order valence-corrected chi connectivity index (χ2v) is 5.27. The molecule has 0 spiro atoms. The van der Waals surface area contributed by atoms with Crippen LogP contribution in [-0.2, 0) is 0 Å². The molecular formula is C16H17ClN2O. The van der Waals surface area contributed by atoms with Crippen LogP contribution in [0.4, 0.5) is 0 Å². The quantitative estimate of drug-likeness (QED) is 0.859. The molecule has 0 saturated carbocycles. The summed E-state index contributed by atoms with van der Waals surface area (Å²) in [5.74, 6) is -0.0180. The predicted molar refractivity (Wildman–Crippen MR) is 80.9 cm³/mol. The third-order valence-electron chi connectivity index (χ3n) is 3.49. The monoisotopic (exact) mass is 288 g/mol. The third-order valence-corrected chi connectivity index (χ3v) is 3.72. The van der Waals surface area contributed by atoms with Gasteiger partial charge in [-0.15, -0.1) is 0 Å². The lowest BCUT2D eigenvalue weighted by Gasteiger charge is -2.25. The maximum Gasteiger partial charge on any atom is 0.254 e. The van der Waals surface area contributed by atoms with E-state index >= 15 is 0 Å². The number of carbonyl (C=O) groups excluding carboxylic acids is 1. The highest BCUT2D eigenvalue weighted by molar-refractivity contribution is 6.30. The number of rotatable bonds is 3. The van der Waals surface area contributed by atoms with E-state index in [-0.39, 0.29) is 11.9 Å². The Hall–Kier alpha value is -1.87. The molecule has 3 nitrogen and oxygen atoms in total. The largest absolute Gasteiger partial charge is 0.335 e. The molecule has 0 aliphatic heterocycles. The van der Waals surface area contributed by atoms with Crippen molar-refractivity contribution in [3.8, 4) is 0 Å². The van der Waals surface area contributed by atoms with Gasteiger partial charge in [0, 0.05) is 30.0 Å². The second-order valence-electron chi connectivity index (χ2n) is 4.84. The number of nitrogens with zero attached hydrogens (tertiary/aromatic N) is 2. The number of hydrogen-bond acceptors (Lipinski definition) is 2. The van der Waals surface area contributed by atoms with Crippen LogP contribution in [0.25, 0.3) is 0 Å². The molecule has 20 heavy (non-hydrogen) atoms. The summed E-state index contributed by atoms with van der Waals surface area (Å²) in [6.07, 6.45) is 3.50. The summed E-state index contributed by atoms with van der Waals surface area (Å²) in [5, 5.41) is 0.641. The molecule has 2 aromatic rings. The first-order valence-corrected chi connectivity index (χ1v) is 6.81. The van der Waals surface area contributed by atoms with Gasteiger partial charge in [-0.25, -0.2) is 0 Å².